The second-order valence-electron chi connectivity index (χ2n) is 4.47. The van der Waals surface area contributed by atoms with E-state index in [4.69, 9.17) is 0 Å². The number of nitrogens with one attached hydrogen (secondary N) is 2. The molecule has 0 bridgehead atoms. The van der Waals surface area contributed by atoms with Gasteiger partial charge in [0.2, 0.25) is 5.82 Å². The van der Waals surface area contributed by atoms with Crippen molar-refractivity contribution in [3.63, 3.8) is 0 Å². The Morgan fingerprint density at radius 3 is 2.56 bits per heavy atom. The molecule has 0 aliphatic heterocycles. The molecule has 0 aromatic carbocycles. The fourth-order valence-electron chi connectivity index (χ4n) is 1.76. The lowest BCUT2D eigenvalue weighted by molar-refractivity contribution is -0.384. The fourth-order valence-corrected chi connectivity index (χ4v) is 1.76. The molecule has 2 N–H and O–H groups in total. The van der Waals surface area contributed by atoms with Crippen LogP contribution in [0.5, 0.6) is 0 Å². The summed E-state index contributed by atoms with van der Waals surface area (Å²) in [4.78, 5) is 14.8. The van der Waals surface area contributed by atoms with Gasteiger partial charge >= 0.3 is 5.69 Å². The second kappa shape index (κ2) is 6.18. The Labute approximate surface area is 107 Å². The monoisotopic (exact) mass is 252 g/mol. The molecule has 0 aliphatic carbocycles. The minimum Gasteiger partial charge on any atom is -0.373 e. The van der Waals surface area contributed by atoms with Crippen LogP contribution in [0.15, 0.2) is 12.1 Å². The number of aromatic nitrogens is 1. The number of rotatable bonds is 6. The standard InChI is InChI=1S/C12H20N4O2/c1-5-9(8(2)3)14-12-10(16(17)18)6-7-11(13-4)15-12/h6-9H,5H2,1-4H3,(H2,13,14,15). The summed E-state index contributed by atoms with van der Waals surface area (Å²) in [5, 5.41) is 17.0. The van der Waals surface area contributed by atoms with Crippen molar-refractivity contribution in [2.75, 3.05) is 17.7 Å². The number of nitro groups is 1. The molecule has 0 amide bonds. The van der Waals surface area contributed by atoms with Gasteiger partial charge in [0.1, 0.15) is 5.82 Å². The van der Waals surface area contributed by atoms with E-state index in [0.717, 1.165) is 6.42 Å². The van der Waals surface area contributed by atoms with Gasteiger partial charge in [-0.1, -0.05) is 20.8 Å². The number of anilines is 2. The van der Waals surface area contributed by atoms with Crippen LogP contribution in [0.4, 0.5) is 17.3 Å². The lowest BCUT2D eigenvalue weighted by Gasteiger charge is -2.21. The van der Waals surface area contributed by atoms with Gasteiger partial charge < -0.3 is 10.6 Å². The third-order valence-corrected chi connectivity index (χ3v) is 2.89. The first-order valence-corrected chi connectivity index (χ1v) is 6.09. The number of hydrogen-bond donors (Lipinski definition) is 2. The molecule has 0 radical (unpaired) electrons. The first kappa shape index (κ1) is 14.2. The van der Waals surface area contributed by atoms with Crippen molar-refractivity contribution in [2.24, 2.45) is 5.92 Å². The van der Waals surface area contributed by atoms with Crippen LogP contribution in [0.1, 0.15) is 27.2 Å². The van der Waals surface area contributed by atoms with E-state index in [2.05, 4.69) is 29.5 Å². The summed E-state index contributed by atoms with van der Waals surface area (Å²) < 4.78 is 0. The minimum absolute atomic E-state index is 0.00750. The van der Waals surface area contributed by atoms with Crippen LogP contribution in [-0.2, 0) is 0 Å². The van der Waals surface area contributed by atoms with Gasteiger partial charge in [0.05, 0.1) is 4.92 Å². The highest BCUT2D eigenvalue weighted by molar-refractivity contribution is 5.60. The molecule has 0 aliphatic rings. The highest BCUT2D eigenvalue weighted by Crippen LogP contribution is 2.26. The van der Waals surface area contributed by atoms with E-state index in [1.54, 1.807) is 13.1 Å². The molecule has 18 heavy (non-hydrogen) atoms. The Morgan fingerprint density at radius 1 is 1.44 bits per heavy atom. The van der Waals surface area contributed by atoms with Gasteiger partial charge in [-0.25, -0.2) is 4.98 Å². The molecule has 0 fully saturated rings. The SMILES string of the molecule is CCC(Nc1nc(NC)ccc1[N+](=O)[O-])C(C)C. The zero-order chi connectivity index (χ0) is 13.7. The smallest absolute Gasteiger partial charge is 0.311 e. The molecular formula is C12H20N4O2. The Balaban J connectivity index is 3.07. The van der Waals surface area contributed by atoms with Gasteiger partial charge in [0, 0.05) is 19.2 Å². The maximum absolute atomic E-state index is 11.0. The zero-order valence-corrected chi connectivity index (χ0v) is 11.2. The van der Waals surface area contributed by atoms with Gasteiger partial charge in [-0.15, -0.1) is 0 Å². The molecular weight excluding hydrogens is 232 g/mol. The third-order valence-electron chi connectivity index (χ3n) is 2.89. The highest BCUT2D eigenvalue weighted by Gasteiger charge is 2.20. The summed E-state index contributed by atoms with van der Waals surface area (Å²) in [6.07, 6.45) is 0.889. The fraction of sp³-hybridized carbons (Fsp3) is 0.583. The molecule has 1 atom stereocenters. The maximum Gasteiger partial charge on any atom is 0.311 e. The van der Waals surface area contributed by atoms with Crippen molar-refractivity contribution in [3.05, 3.63) is 22.2 Å². The molecule has 1 rings (SSSR count). The summed E-state index contributed by atoms with van der Waals surface area (Å²) in [5.74, 6) is 1.32. The van der Waals surface area contributed by atoms with Crippen molar-refractivity contribution in [1.29, 1.82) is 0 Å². The van der Waals surface area contributed by atoms with E-state index in [1.165, 1.54) is 6.07 Å². The quantitative estimate of drug-likeness (QED) is 0.601. The summed E-state index contributed by atoms with van der Waals surface area (Å²) in [7, 11) is 1.73. The number of hydrogen-bond acceptors (Lipinski definition) is 5. The third kappa shape index (κ3) is 3.32. The molecule has 100 valence electrons. The molecule has 1 unspecified atom stereocenters. The first-order chi connectivity index (χ1) is 8.49. The van der Waals surface area contributed by atoms with Crippen molar-refractivity contribution >= 4 is 17.3 Å². The summed E-state index contributed by atoms with van der Waals surface area (Å²) >= 11 is 0. The Hall–Kier alpha value is -1.85. The summed E-state index contributed by atoms with van der Waals surface area (Å²) in [5.41, 5.74) is 0.00750. The second-order valence-corrected chi connectivity index (χ2v) is 4.47. The average Bonchev–Trinajstić information content (AvgIpc) is 2.34. The van der Waals surface area contributed by atoms with Crippen LogP contribution in [0.2, 0.25) is 0 Å². The normalized spacial score (nSPS) is 12.3. The largest absolute Gasteiger partial charge is 0.373 e. The van der Waals surface area contributed by atoms with Gasteiger partial charge in [-0.05, 0) is 18.4 Å². The Morgan fingerprint density at radius 2 is 2.11 bits per heavy atom. The maximum atomic E-state index is 11.0. The van der Waals surface area contributed by atoms with Gasteiger partial charge in [-0.3, -0.25) is 10.1 Å². The van der Waals surface area contributed by atoms with E-state index in [9.17, 15) is 10.1 Å². The van der Waals surface area contributed by atoms with Crippen LogP contribution < -0.4 is 10.6 Å². The Bertz CT molecular complexity index is 421. The van der Waals surface area contributed by atoms with Crippen LogP contribution in [0.25, 0.3) is 0 Å². The molecule has 0 saturated carbocycles. The van der Waals surface area contributed by atoms with E-state index in [1.807, 2.05) is 6.92 Å². The lowest BCUT2D eigenvalue weighted by Crippen LogP contribution is -2.25. The summed E-state index contributed by atoms with van der Waals surface area (Å²) in [6.45, 7) is 6.20. The van der Waals surface area contributed by atoms with E-state index in [-0.39, 0.29) is 11.7 Å². The average molecular weight is 252 g/mol. The summed E-state index contributed by atoms with van der Waals surface area (Å²) in [6, 6.07) is 3.23. The van der Waals surface area contributed by atoms with Crippen LogP contribution in [0, 0.1) is 16.0 Å². The minimum atomic E-state index is -0.415. The van der Waals surface area contributed by atoms with Crippen LogP contribution >= 0.6 is 0 Å². The van der Waals surface area contributed by atoms with Crippen LogP contribution in [0.3, 0.4) is 0 Å². The van der Waals surface area contributed by atoms with E-state index >= 15 is 0 Å². The molecule has 1 aromatic rings. The van der Waals surface area contributed by atoms with Crippen molar-refractivity contribution in [2.45, 2.75) is 33.2 Å². The molecule has 0 saturated heterocycles. The van der Waals surface area contributed by atoms with E-state index < -0.39 is 4.92 Å². The van der Waals surface area contributed by atoms with Gasteiger partial charge in [0.15, 0.2) is 0 Å². The molecule has 0 spiro atoms. The predicted octanol–water partition coefficient (Wildman–Crippen LogP) is 2.88. The number of pyridine rings is 1. The molecule has 1 heterocycles. The Kier molecular flexibility index (Phi) is 4.88. The topological polar surface area (TPSA) is 80.1 Å². The highest BCUT2D eigenvalue weighted by atomic mass is 16.6. The number of nitrogens with zero attached hydrogens (tertiary/aromatic N) is 2. The lowest BCUT2D eigenvalue weighted by atomic mass is 10.0. The van der Waals surface area contributed by atoms with Crippen LogP contribution in [-0.4, -0.2) is 23.0 Å². The van der Waals surface area contributed by atoms with Crippen molar-refractivity contribution < 1.29 is 4.92 Å². The van der Waals surface area contributed by atoms with Gasteiger partial charge in [-0.2, -0.15) is 0 Å². The van der Waals surface area contributed by atoms with E-state index in [0.29, 0.717) is 17.6 Å². The molecule has 6 nitrogen and oxygen atoms in total. The molecule has 6 heteroatoms. The zero-order valence-electron chi connectivity index (χ0n) is 11.2. The van der Waals surface area contributed by atoms with Gasteiger partial charge in [0.25, 0.3) is 0 Å². The predicted molar refractivity (Wildman–Crippen MR) is 73.0 cm³/mol. The van der Waals surface area contributed by atoms with Crippen molar-refractivity contribution in [1.82, 2.24) is 4.98 Å². The first-order valence-electron chi connectivity index (χ1n) is 6.09. The molecule has 1 aromatic heterocycles. The van der Waals surface area contributed by atoms with Crippen molar-refractivity contribution in [3.8, 4) is 0 Å².